The molecule has 4 heterocycles. The van der Waals surface area contributed by atoms with Crippen molar-refractivity contribution in [3.8, 4) is 22.7 Å². The van der Waals surface area contributed by atoms with Gasteiger partial charge in [0, 0.05) is 54.4 Å². The number of hydrogen-bond donors (Lipinski definition) is 0. The molecule has 2 aromatic carbocycles. The fourth-order valence-electron chi connectivity index (χ4n) is 5.13. The summed E-state index contributed by atoms with van der Waals surface area (Å²) in [5.41, 5.74) is 4.55. The SMILES string of the molecule is CCCn1c(-c2ccc(-n3ccnc3)cc2)cnc1C(Cc1ccccn1)N(C=O)c1cc2cc(OC)ccc2o1. The van der Waals surface area contributed by atoms with Gasteiger partial charge < -0.3 is 18.3 Å². The Morgan fingerprint density at radius 1 is 1.05 bits per heavy atom. The zero-order valence-electron chi connectivity index (χ0n) is 22.9. The number of nitrogens with zero attached hydrogens (tertiary/aromatic N) is 6. The van der Waals surface area contributed by atoms with Gasteiger partial charge in [-0.2, -0.15) is 0 Å². The zero-order chi connectivity index (χ0) is 28.2. The van der Waals surface area contributed by atoms with Gasteiger partial charge in [0.25, 0.3) is 0 Å². The lowest BCUT2D eigenvalue weighted by Gasteiger charge is -2.27. The third-order valence-corrected chi connectivity index (χ3v) is 7.14. The molecular weight excluding hydrogens is 516 g/mol. The first-order valence-corrected chi connectivity index (χ1v) is 13.5. The molecule has 0 radical (unpaired) electrons. The maximum absolute atomic E-state index is 12.8. The van der Waals surface area contributed by atoms with Crippen LogP contribution < -0.4 is 9.64 Å². The molecule has 0 spiro atoms. The second-order valence-electron chi connectivity index (χ2n) is 9.71. The van der Waals surface area contributed by atoms with E-state index in [0.29, 0.717) is 17.9 Å². The summed E-state index contributed by atoms with van der Waals surface area (Å²) >= 11 is 0. The number of anilines is 1. The summed E-state index contributed by atoms with van der Waals surface area (Å²) < 4.78 is 15.7. The molecule has 41 heavy (non-hydrogen) atoms. The van der Waals surface area contributed by atoms with Gasteiger partial charge in [-0.25, -0.2) is 9.97 Å². The molecule has 1 amide bonds. The molecule has 0 aliphatic rings. The number of imidazole rings is 2. The third-order valence-electron chi connectivity index (χ3n) is 7.14. The average Bonchev–Trinajstić information content (AvgIpc) is 3.78. The van der Waals surface area contributed by atoms with Crippen molar-refractivity contribution >= 4 is 23.3 Å². The Kier molecular flexibility index (Phi) is 7.32. The third kappa shape index (κ3) is 5.21. The summed E-state index contributed by atoms with van der Waals surface area (Å²) in [7, 11) is 1.62. The first-order chi connectivity index (χ1) is 20.2. The van der Waals surface area contributed by atoms with Gasteiger partial charge in [-0.05, 0) is 54.4 Å². The predicted molar refractivity (Wildman–Crippen MR) is 157 cm³/mol. The minimum absolute atomic E-state index is 0.432. The van der Waals surface area contributed by atoms with Gasteiger partial charge in [0.15, 0.2) is 0 Å². The molecule has 6 aromatic rings. The second kappa shape index (κ2) is 11.5. The monoisotopic (exact) mass is 546 g/mol. The highest BCUT2D eigenvalue weighted by molar-refractivity contribution is 5.86. The Bertz CT molecular complexity index is 1740. The summed E-state index contributed by atoms with van der Waals surface area (Å²) in [5.74, 6) is 1.91. The number of carbonyl (C=O) groups is 1. The van der Waals surface area contributed by atoms with Crippen LogP contribution in [-0.2, 0) is 17.8 Å². The molecule has 6 rings (SSSR count). The highest BCUT2D eigenvalue weighted by Gasteiger charge is 2.29. The maximum Gasteiger partial charge on any atom is 0.217 e. The van der Waals surface area contributed by atoms with E-state index in [0.717, 1.165) is 59.0 Å². The van der Waals surface area contributed by atoms with Gasteiger partial charge in [-0.1, -0.05) is 25.1 Å². The van der Waals surface area contributed by atoms with Crippen molar-refractivity contribution < 1.29 is 13.9 Å². The molecule has 0 aliphatic heterocycles. The van der Waals surface area contributed by atoms with Crippen molar-refractivity contribution in [1.82, 2.24) is 24.1 Å². The van der Waals surface area contributed by atoms with Crippen LogP contribution in [0.2, 0.25) is 0 Å². The van der Waals surface area contributed by atoms with Gasteiger partial charge in [0.2, 0.25) is 12.3 Å². The molecule has 0 saturated heterocycles. The molecule has 0 bridgehead atoms. The normalized spacial score (nSPS) is 12.0. The van der Waals surface area contributed by atoms with E-state index < -0.39 is 6.04 Å². The van der Waals surface area contributed by atoms with Gasteiger partial charge in [0.1, 0.15) is 23.2 Å². The van der Waals surface area contributed by atoms with E-state index in [2.05, 4.69) is 45.7 Å². The topological polar surface area (TPSA) is 91.2 Å². The van der Waals surface area contributed by atoms with E-state index >= 15 is 0 Å². The molecule has 9 heteroatoms. The minimum atomic E-state index is -0.463. The molecule has 0 fully saturated rings. The highest BCUT2D eigenvalue weighted by Crippen LogP contribution is 2.35. The van der Waals surface area contributed by atoms with Crippen molar-refractivity contribution in [2.75, 3.05) is 12.0 Å². The minimum Gasteiger partial charge on any atom is -0.497 e. The number of ether oxygens (including phenoxy) is 1. The number of rotatable bonds is 11. The van der Waals surface area contributed by atoms with Gasteiger partial charge >= 0.3 is 0 Å². The molecule has 0 aliphatic carbocycles. The van der Waals surface area contributed by atoms with Crippen LogP contribution in [0, 0.1) is 0 Å². The Morgan fingerprint density at radius 3 is 2.63 bits per heavy atom. The number of carbonyl (C=O) groups excluding carboxylic acids is 1. The van der Waals surface area contributed by atoms with Crippen molar-refractivity contribution in [1.29, 1.82) is 0 Å². The Morgan fingerprint density at radius 2 is 1.93 bits per heavy atom. The molecule has 4 aromatic heterocycles. The number of pyridine rings is 1. The summed E-state index contributed by atoms with van der Waals surface area (Å²) in [4.78, 5) is 28.0. The van der Waals surface area contributed by atoms with Crippen LogP contribution >= 0.6 is 0 Å². The van der Waals surface area contributed by atoms with E-state index in [1.807, 2.05) is 59.4 Å². The molecule has 1 unspecified atom stereocenters. The first kappa shape index (κ1) is 26.1. The Hall–Kier alpha value is -5.18. The van der Waals surface area contributed by atoms with Crippen molar-refractivity contribution in [3.63, 3.8) is 0 Å². The standard InChI is InChI=1S/C32H30N6O3/c1-3-15-37-29(23-7-9-26(10-8-23)36-16-14-33-21-36)20-35-32(37)28(19-25-6-4-5-13-34-25)38(22-39)31-18-24-17-27(40-2)11-12-30(24)41-31/h4-14,16-18,20-22,28H,3,15,19H2,1-2H3. The molecule has 0 N–H and O–H groups in total. The Balaban J connectivity index is 1.43. The highest BCUT2D eigenvalue weighted by atomic mass is 16.5. The van der Waals surface area contributed by atoms with Crippen LogP contribution in [-0.4, -0.2) is 37.6 Å². The van der Waals surface area contributed by atoms with Crippen LogP contribution in [0.25, 0.3) is 27.9 Å². The van der Waals surface area contributed by atoms with Gasteiger partial charge in [0.05, 0.1) is 25.3 Å². The van der Waals surface area contributed by atoms with Crippen LogP contribution in [0.3, 0.4) is 0 Å². The molecule has 9 nitrogen and oxygen atoms in total. The Labute approximate surface area is 237 Å². The fraction of sp³-hybridized carbons (Fsp3) is 0.188. The average molecular weight is 547 g/mol. The fourth-order valence-corrected chi connectivity index (χ4v) is 5.13. The largest absolute Gasteiger partial charge is 0.497 e. The number of fused-ring (bicyclic) bond motifs is 1. The summed E-state index contributed by atoms with van der Waals surface area (Å²) in [6, 6.07) is 21.1. The molecule has 1 atom stereocenters. The van der Waals surface area contributed by atoms with Crippen LogP contribution in [0.5, 0.6) is 5.75 Å². The lowest BCUT2D eigenvalue weighted by atomic mass is 10.1. The quantitative estimate of drug-likeness (QED) is 0.179. The first-order valence-electron chi connectivity index (χ1n) is 13.5. The van der Waals surface area contributed by atoms with Gasteiger partial charge in [-0.3, -0.25) is 14.7 Å². The van der Waals surface area contributed by atoms with E-state index in [-0.39, 0.29) is 0 Å². The van der Waals surface area contributed by atoms with E-state index in [1.54, 1.807) is 30.7 Å². The summed E-state index contributed by atoms with van der Waals surface area (Å²) in [5, 5.41) is 0.846. The van der Waals surface area contributed by atoms with E-state index in [4.69, 9.17) is 14.1 Å². The smallest absolute Gasteiger partial charge is 0.217 e. The van der Waals surface area contributed by atoms with Crippen LogP contribution in [0.15, 0.2) is 102 Å². The number of amides is 1. The number of aromatic nitrogens is 5. The zero-order valence-corrected chi connectivity index (χ0v) is 22.9. The molecular formula is C32H30N6O3. The van der Waals surface area contributed by atoms with E-state index in [1.165, 1.54) is 0 Å². The molecule has 206 valence electrons. The number of furan rings is 1. The molecule has 0 saturated carbocycles. The summed E-state index contributed by atoms with van der Waals surface area (Å²) in [6.45, 7) is 2.87. The number of methoxy groups -OCH3 is 1. The van der Waals surface area contributed by atoms with Crippen LogP contribution in [0.4, 0.5) is 5.88 Å². The van der Waals surface area contributed by atoms with Crippen LogP contribution in [0.1, 0.15) is 30.9 Å². The maximum atomic E-state index is 12.8. The summed E-state index contributed by atoms with van der Waals surface area (Å²) in [6.07, 6.45) is 11.3. The lowest BCUT2D eigenvalue weighted by Crippen LogP contribution is -2.31. The van der Waals surface area contributed by atoms with Crippen molar-refractivity contribution in [2.24, 2.45) is 0 Å². The predicted octanol–water partition coefficient (Wildman–Crippen LogP) is 6.24. The number of hydrogen-bond acceptors (Lipinski definition) is 6. The van der Waals surface area contributed by atoms with Crippen molar-refractivity contribution in [3.05, 3.63) is 109 Å². The second-order valence-corrected chi connectivity index (χ2v) is 9.71. The lowest BCUT2D eigenvalue weighted by molar-refractivity contribution is -0.108. The van der Waals surface area contributed by atoms with Crippen molar-refractivity contribution in [2.45, 2.75) is 32.4 Å². The van der Waals surface area contributed by atoms with E-state index in [9.17, 15) is 4.79 Å². The van der Waals surface area contributed by atoms with Gasteiger partial charge in [-0.15, -0.1) is 0 Å². The number of benzene rings is 2.